The Bertz CT molecular complexity index is 1100. The number of aromatic nitrogens is 2. The van der Waals surface area contributed by atoms with Crippen molar-refractivity contribution in [1.82, 2.24) is 9.55 Å². The first kappa shape index (κ1) is 16.7. The number of carbonyl (C=O) groups excluding carboxylic acids is 1. The maximum atomic E-state index is 12.9. The van der Waals surface area contributed by atoms with Gasteiger partial charge in [0, 0.05) is 6.07 Å². The van der Waals surface area contributed by atoms with Crippen molar-refractivity contribution >= 4 is 29.1 Å². The van der Waals surface area contributed by atoms with Crippen molar-refractivity contribution in [3.63, 3.8) is 0 Å². The standard InChI is InChI=1S/C17H14N2O5S/c1-23-10-4-6-14(24-2)13(8-10)19-15(20)11-5-3-9(16(21)22)7-12(11)18-17(19)25/h3-8H,1-2H3,(H,18,25)(H,21,22)/p-1. The number of hydrogen-bond acceptors (Lipinski definition) is 6. The molecule has 0 saturated carbocycles. The Labute approximate surface area is 147 Å². The molecule has 3 aromatic rings. The first-order valence-corrected chi connectivity index (χ1v) is 7.60. The van der Waals surface area contributed by atoms with E-state index < -0.39 is 11.5 Å². The smallest absolute Gasteiger partial charge is 0.266 e. The lowest BCUT2D eigenvalue weighted by molar-refractivity contribution is -0.255. The zero-order valence-electron chi connectivity index (χ0n) is 13.4. The van der Waals surface area contributed by atoms with Crippen molar-refractivity contribution in [2.24, 2.45) is 0 Å². The largest absolute Gasteiger partial charge is 0.545 e. The van der Waals surface area contributed by atoms with E-state index in [1.54, 1.807) is 18.2 Å². The lowest BCUT2D eigenvalue weighted by atomic mass is 10.1. The van der Waals surface area contributed by atoms with E-state index in [2.05, 4.69) is 4.98 Å². The van der Waals surface area contributed by atoms with Gasteiger partial charge < -0.3 is 24.4 Å². The van der Waals surface area contributed by atoms with Crippen LogP contribution in [0.2, 0.25) is 0 Å². The van der Waals surface area contributed by atoms with E-state index >= 15 is 0 Å². The number of rotatable bonds is 4. The van der Waals surface area contributed by atoms with Crippen molar-refractivity contribution in [1.29, 1.82) is 0 Å². The highest BCUT2D eigenvalue weighted by molar-refractivity contribution is 7.71. The minimum atomic E-state index is -1.33. The number of aromatic carboxylic acids is 1. The van der Waals surface area contributed by atoms with Crippen LogP contribution in [0.15, 0.2) is 41.2 Å². The fourth-order valence-corrected chi connectivity index (χ4v) is 2.83. The number of carboxylic acids is 1. The molecule has 3 rings (SSSR count). The molecule has 0 radical (unpaired) electrons. The minimum absolute atomic E-state index is 0.0470. The van der Waals surface area contributed by atoms with E-state index in [1.807, 2.05) is 0 Å². The summed E-state index contributed by atoms with van der Waals surface area (Å²) in [6.07, 6.45) is 0. The fourth-order valence-electron chi connectivity index (χ4n) is 2.54. The molecule has 128 valence electrons. The van der Waals surface area contributed by atoms with Crippen molar-refractivity contribution < 1.29 is 19.4 Å². The fraction of sp³-hybridized carbons (Fsp3) is 0.118. The molecule has 2 aromatic carbocycles. The SMILES string of the molecule is COc1ccc(OC)c(-n2c(=S)[nH]c3cc(C(=O)[O-])ccc3c2=O)c1. The molecule has 7 nitrogen and oxygen atoms in total. The van der Waals surface area contributed by atoms with Gasteiger partial charge in [0.05, 0.1) is 36.8 Å². The average Bonchev–Trinajstić information content (AvgIpc) is 2.61. The molecule has 25 heavy (non-hydrogen) atoms. The van der Waals surface area contributed by atoms with Crippen LogP contribution in [0.3, 0.4) is 0 Å². The summed E-state index contributed by atoms with van der Waals surface area (Å²) >= 11 is 5.29. The zero-order valence-corrected chi connectivity index (χ0v) is 14.2. The molecule has 1 aromatic heterocycles. The summed E-state index contributed by atoms with van der Waals surface area (Å²) in [4.78, 5) is 26.8. The lowest BCUT2D eigenvalue weighted by Crippen LogP contribution is -2.24. The number of aromatic amines is 1. The number of carboxylic acid groups (broad SMARTS) is 1. The number of methoxy groups -OCH3 is 2. The van der Waals surface area contributed by atoms with Crippen LogP contribution in [0, 0.1) is 4.77 Å². The van der Waals surface area contributed by atoms with Crippen LogP contribution in [-0.2, 0) is 0 Å². The summed E-state index contributed by atoms with van der Waals surface area (Å²) in [5.41, 5.74) is 0.276. The third kappa shape index (κ3) is 2.87. The summed E-state index contributed by atoms with van der Waals surface area (Å²) in [6, 6.07) is 9.03. The normalized spacial score (nSPS) is 10.6. The van der Waals surface area contributed by atoms with Gasteiger partial charge in [0.15, 0.2) is 4.77 Å². The average molecular weight is 357 g/mol. The Hall–Kier alpha value is -3.13. The van der Waals surface area contributed by atoms with Crippen molar-refractivity contribution in [2.75, 3.05) is 14.2 Å². The molecule has 0 atom stereocenters. The quantitative estimate of drug-likeness (QED) is 0.710. The summed E-state index contributed by atoms with van der Waals surface area (Å²) in [7, 11) is 2.99. The number of benzene rings is 2. The monoisotopic (exact) mass is 357 g/mol. The van der Waals surface area contributed by atoms with Gasteiger partial charge in [-0.2, -0.15) is 0 Å². The van der Waals surface area contributed by atoms with Crippen LogP contribution in [0.5, 0.6) is 11.5 Å². The first-order chi connectivity index (χ1) is 12.0. The second kappa shape index (κ2) is 6.40. The minimum Gasteiger partial charge on any atom is -0.545 e. The van der Waals surface area contributed by atoms with Gasteiger partial charge in [0.2, 0.25) is 0 Å². The molecule has 0 spiro atoms. The third-order valence-corrected chi connectivity index (χ3v) is 4.05. The van der Waals surface area contributed by atoms with E-state index in [0.29, 0.717) is 22.7 Å². The Morgan fingerprint density at radius 2 is 1.92 bits per heavy atom. The summed E-state index contributed by atoms with van der Waals surface area (Å²) in [5, 5.41) is 11.3. The number of carbonyl (C=O) groups is 1. The Balaban J connectivity index is 2.35. The Kier molecular flexibility index (Phi) is 4.28. The van der Waals surface area contributed by atoms with Gasteiger partial charge in [0.1, 0.15) is 11.5 Å². The maximum absolute atomic E-state index is 12.9. The van der Waals surface area contributed by atoms with Gasteiger partial charge in [-0.25, -0.2) is 4.57 Å². The molecular formula is C17H13N2O5S-. The molecule has 0 unspecified atom stereocenters. The van der Waals surface area contributed by atoms with Crippen molar-refractivity contribution in [3.8, 4) is 17.2 Å². The van der Waals surface area contributed by atoms with Crippen molar-refractivity contribution in [2.45, 2.75) is 0 Å². The highest BCUT2D eigenvalue weighted by Crippen LogP contribution is 2.27. The van der Waals surface area contributed by atoms with Gasteiger partial charge in [-0.3, -0.25) is 4.79 Å². The third-order valence-electron chi connectivity index (χ3n) is 3.76. The number of ether oxygens (including phenoxy) is 2. The van der Waals surface area contributed by atoms with Crippen LogP contribution in [0.4, 0.5) is 0 Å². The highest BCUT2D eigenvalue weighted by Gasteiger charge is 2.13. The molecule has 0 saturated heterocycles. The molecule has 8 heteroatoms. The molecule has 0 aliphatic carbocycles. The molecule has 0 amide bonds. The molecule has 0 aliphatic heterocycles. The van der Waals surface area contributed by atoms with E-state index in [1.165, 1.54) is 37.0 Å². The van der Waals surface area contributed by atoms with Gasteiger partial charge in [-0.05, 0) is 42.0 Å². The molecule has 1 N–H and O–H groups in total. The second-order valence-electron chi connectivity index (χ2n) is 5.16. The van der Waals surface area contributed by atoms with Crippen LogP contribution in [-0.4, -0.2) is 29.7 Å². The van der Waals surface area contributed by atoms with Gasteiger partial charge in [-0.15, -0.1) is 0 Å². The highest BCUT2D eigenvalue weighted by atomic mass is 32.1. The van der Waals surface area contributed by atoms with E-state index in [4.69, 9.17) is 21.7 Å². The van der Waals surface area contributed by atoms with Crippen LogP contribution in [0.25, 0.3) is 16.6 Å². The number of hydrogen-bond donors (Lipinski definition) is 1. The van der Waals surface area contributed by atoms with Gasteiger partial charge in [0.25, 0.3) is 5.56 Å². The Morgan fingerprint density at radius 1 is 1.16 bits per heavy atom. The van der Waals surface area contributed by atoms with Crippen LogP contribution < -0.4 is 20.1 Å². The summed E-state index contributed by atoms with van der Waals surface area (Å²) in [6.45, 7) is 0. The predicted octanol–water partition coefficient (Wildman–Crippen LogP) is 1.43. The summed E-state index contributed by atoms with van der Waals surface area (Å²) in [5.74, 6) is -0.363. The van der Waals surface area contributed by atoms with Crippen molar-refractivity contribution in [3.05, 3.63) is 57.1 Å². The number of nitrogens with zero attached hydrogens (tertiary/aromatic N) is 1. The molecule has 0 aliphatic rings. The van der Waals surface area contributed by atoms with E-state index in [-0.39, 0.29) is 15.7 Å². The molecule has 0 fully saturated rings. The molecule has 1 heterocycles. The maximum Gasteiger partial charge on any atom is 0.266 e. The van der Waals surface area contributed by atoms with Crippen LogP contribution >= 0.6 is 12.2 Å². The summed E-state index contributed by atoms with van der Waals surface area (Å²) < 4.78 is 11.9. The zero-order chi connectivity index (χ0) is 18.1. The van der Waals surface area contributed by atoms with Crippen LogP contribution in [0.1, 0.15) is 10.4 Å². The topological polar surface area (TPSA) is 96.4 Å². The second-order valence-corrected chi connectivity index (χ2v) is 5.54. The molecular weight excluding hydrogens is 344 g/mol. The lowest BCUT2D eigenvalue weighted by Gasteiger charge is -2.14. The number of nitrogens with one attached hydrogen (secondary N) is 1. The number of fused-ring (bicyclic) bond motifs is 1. The van der Waals surface area contributed by atoms with E-state index in [9.17, 15) is 14.7 Å². The van der Waals surface area contributed by atoms with E-state index in [0.717, 1.165) is 0 Å². The van der Waals surface area contributed by atoms with Gasteiger partial charge >= 0.3 is 0 Å². The first-order valence-electron chi connectivity index (χ1n) is 7.19. The predicted molar refractivity (Wildman–Crippen MR) is 92.2 cm³/mol. The Morgan fingerprint density at radius 3 is 2.56 bits per heavy atom. The molecule has 0 bridgehead atoms. The van der Waals surface area contributed by atoms with Gasteiger partial charge in [-0.1, -0.05) is 6.07 Å². The number of H-pyrrole nitrogens is 1.